The first-order valence-corrected chi connectivity index (χ1v) is 6.82. The third-order valence-electron chi connectivity index (χ3n) is 3.69. The molecule has 1 heterocycles. The summed E-state index contributed by atoms with van der Waals surface area (Å²) < 4.78 is 28.5. The second kappa shape index (κ2) is 5.32. The maximum Gasteiger partial charge on any atom is 0.128 e. The Balaban J connectivity index is 1.74. The maximum atomic E-state index is 13.6. The van der Waals surface area contributed by atoms with Gasteiger partial charge in [0.2, 0.25) is 0 Å². The Hall–Kier alpha value is -1.75. The van der Waals surface area contributed by atoms with Crippen LogP contribution in [0.25, 0.3) is 0 Å². The van der Waals surface area contributed by atoms with Crippen molar-refractivity contribution in [3.05, 3.63) is 52.9 Å². The smallest absolute Gasteiger partial charge is 0.128 e. The molecule has 3 nitrogen and oxygen atoms in total. The molecule has 0 atom stereocenters. The highest BCUT2D eigenvalue weighted by Crippen LogP contribution is 2.20. The van der Waals surface area contributed by atoms with Crippen molar-refractivity contribution in [2.45, 2.75) is 38.9 Å². The van der Waals surface area contributed by atoms with Crippen LogP contribution in [-0.4, -0.2) is 15.8 Å². The molecule has 0 radical (unpaired) electrons. The number of aromatic nitrogens is 2. The van der Waals surface area contributed by atoms with Crippen LogP contribution >= 0.6 is 0 Å². The molecule has 2 aromatic rings. The lowest BCUT2D eigenvalue weighted by atomic mass is 10.2. The minimum absolute atomic E-state index is 0.249. The minimum Gasteiger partial charge on any atom is -0.310 e. The summed E-state index contributed by atoms with van der Waals surface area (Å²) in [5.74, 6) is -0.833. The van der Waals surface area contributed by atoms with Gasteiger partial charge in [-0.15, -0.1) is 0 Å². The van der Waals surface area contributed by atoms with Crippen LogP contribution in [0, 0.1) is 18.6 Å². The van der Waals surface area contributed by atoms with Gasteiger partial charge in [-0.2, -0.15) is 5.10 Å². The third-order valence-corrected chi connectivity index (χ3v) is 3.69. The molecule has 5 heteroatoms. The van der Waals surface area contributed by atoms with E-state index >= 15 is 0 Å². The van der Waals surface area contributed by atoms with Crippen LogP contribution in [0.3, 0.4) is 0 Å². The number of hydrogen-bond donors (Lipinski definition) is 1. The summed E-state index contributed by atoms with van der Waals surface area (Å²) in [7, 11) is 0. The average Bonchev–Trinajstić information content (AvgIpc) is 3.19. The van der Waals surface area contributed by atoms with Crippen LogP contribution in [-0.2, 0) is 13.1 Å². The molecule has 0 bridgehead atoms. The molecule has 1 aromatic carbocycles. The SMILES string of the molecule is Cc1c(CNC2CC2)cnn1Cc1cc(F)ccc1F. The fourth-order valence-corrected chi connectivity index (χ4v) is 2.19. The number of rotatable bonds is 5. The molecule has 1 fully saturated rings. The third kappa shape index (κ3) is 2.88. The van der Waals surface area contributed by atoms with Crippen molar-refractivity contribution in [1.29, 1.82) is 0 Å². The number of nitrogens with one attached hydrogen (secondary N) is 1. The molecule has 1 aromatic heterocycles. The summed E-state index contributed by atoms with van der Waals surface area (Å²) >= 11 is 0. The molecule has 0 amide bonds. The standard InChI is InChI=1S/C15H17F2N3/c1-10-12(7-18-14-3-4-14)8-19-20(10)9-11-6-13(16)2-5-15(11)17/h2,5-6,8,14,18H,3-4,7,9H2,1H3. The van der Waals surface area contributed by atoms with Crippen molar-refractivity contribution in [3.8, 4) is 0 Å². The van der Waals surface area contributed by atoms with Gasteiger partial charge in [-0.1, -0.05) is 0 Å². The first kappa shape index (κ1) is 13.2. The second-order valence-corrected chi connectivity index (χ2v) is 5.30. The first-order valence-electron chi connectivity index (χ1n) is 6.82. The van der Waals surface area contributed by atoms with Gasteiger partial charge in [0.05, 0.1) is 12.7 Å². The van der Waals surface area contributed by atoms with Crippen molar-refractivity contribution in [2.75, 3.05) is 0 Å². The lowest BCUT2D eigenvalue weighted by Gasteiger charge is -2.07. The Labute approximate surface area is 116 Å². The predicted octanol–water partition coefficient (Wildman–Crippen LogP) is 2.77. The van der Waals surface area contributed by atoms with E-state index in [9.17, 15) is 8.78 Å². The Morgan fingerprint density at radius 3 is 2.85 bits per heavy atom. The fourth-order valence-electron chi connectivity index (χ4n) is 2.19. The van der Waals surface area contributed by atoms with E-state index in [1.54, 1.807) is 10.9 Å². The number of nitrogens with zero attached hydrogens (tertiary/aromatic N) is 2. The molecule has 1 aliphatic rings. The van der Waals surface area contributed by atoms with Gasteiger partial charge in [-0.05, 0) is 38.0 Å². The highest BCUT2D eigenvalue weighted by Gasteiger charge is 2.20. The Morgan fingerprint density at radius 1 is 1.30 bits per heavy atom. The van der Waals surface area contributed by atoms with Gasteiger partial charge in [0.25, 0.3) is 0 Å². The largest absolute Gasteiger partial charge is 0.310 e. The van der Waals surface area contributed by atoms with Gasteiger partial charge in [-0.3, -0.25) is 4.68 Å². The van der Waals surface area contributed by atoms with Crippen LogP contribution < -0.4 is 5.32 Å². The fraction of sp³-hybridized carbons (Fsp3) is 0.400. The zero-order chi connectivity index (χ0) is 14.1. The van der Waals surface area contributed by atoms with E-state index in [2.05, 4.69) is 10.4 Å². The summed E-state index contributed by atoms with van der Waals surface area (Å²) in [4.78, 5) is 0. The van der Waals surface area contributed by atoms with Gasteiger partial charge >= 0.3 is 0 Å². The normalized spacial score (nSPS) is 14.8. The van der Waals surface area contributed by atoms with Crippen LogP contribution in [0.1, 0.15) is 29.7 Å². The maximum absolute atomic E-state index is 13.6. The molecule has 1 saturated carbocycles. The lowest BCUT2D eigenvalue weighted by Crippen LogP contribution is -2.16. The molecule has 0 spiro atoms. The Kier molecular flexibility index (Phi) is 3.53. The van der Waals surface area contributed by atoms with E-state index in [4.69, 9.17) is 0 Å². The summed E-state index contributed by atoms with van der Waals surface area (Å²) in [6.45, 7) is 2.98. The van der Waals surface area contributed by atoms with E-state index in [-0.39, 0.29) is 6.54 Å². The van der Waals surface area contributed by atoms with Crippen molar-refractivity contribution in [1.82, 2.24) is 15.1 Å². The lowest BCUT2D eigenvalue weighted by molar-refractivity contribution is 0.562. The van der Waals surface area contributed by atoms with Crippen LogP contribution in [0.15, 0.2) is 24.4 Å². The molecular formula is C15H17F2N3. The van der Waals surface area contributed by atoms with Crippen molar-refractivity contribution in [3.63, 3.8) is 0 Å². The predicted molar refractivity (Wildman–Crippen MR) is 72.3 cm³/mol. The minimum atomic E-state index is -0.429. The van der Waals surface area contributed by atoms with E-state index in [1.165, 1.54) is 18.9 Å². The van der Waals surface area contributed by atoms with Crippen molar-refractivity contribution < 1.29 is 8.78 Å². The van der Waals surface area contributed by atoms with Crippen LogP contribution in [0.2, 0.25) is 0 Å². The molecule has 3 rings (SSSR count). The topological polar surface area (TPSA) is 29.9 Å². The van der Waals surface area contributed by atoms with Gasteiger partial charge in [-0.25, -0.2) is 8.78 Å². The van der Waals surface area contributed by atoms with Gasteiger partial charge < -0.3 is 5.32 Å². The molecule has 0 unspecified atom stereocenters. The zero-order valence-electron chi connectivity index (χ0n) is 11.4. The first-order chi connectivity index (χ1) is 9.63. The van der Waals surface area contributed by atoms with E-state index < -0.39 is 11.6 Å². The van der Waals surface area contributed by atoms with Crippen molar-refractivity contribution in [2.24, 2.45) is 0 Å². The molecule has 0 aliphatic heterocycles. The van der Waals surface area contributed by atoms with Crippen molar-refractivity contribution >= 4 is 0 Å². The van der Waals surface area contributed by atoms with Gasteiger partial charge in [0.1, 0.15) is 11.6 Å². The van der Waals surface area contributed by atoms with Crippen LogP contribution in [0.5, 0.6) is 0 Å². The van der Waals surface area contributed by atoms with E-state index in [1.807, 2.05) is 6.92 Å². The average molecular weight is 277 g/mol. The highest BCUT2D eigenvalue weighted by molar-refractivity contribution is 5.22. The summed E-state index contributed by atoms with van der Waals surface area (Å²) in [5.41, 5.74) is 2.41. The summed E-state index contributed by atoms with van der Waals surface area (Å²) in [5, 5.41) is 7.69. The van der Waals surface area contributed by atoms with E-state index in [0.29, 0.717) is 11.6 Å². The zero-order valence-corrected chi connectivity index (χ0v) is 11.4. The highest BCUT2D eigenvalue weighted by atomic mass is 19.1. The summed E-state index contributed by atoms with van der Waals surface area (Å²) in [6, 6.07) is 4.13. The molecule has 1 aliphatic carbocycles. The Morgan fingerprint density at radius 2 is 2.10 bits per heavy atom. The molecule has 20 heavy (non-hydrogen) atoms. The number of benzene rings is 1. The Bertz CT molecular complexity index is 618. The van der Waals surface area contributed by atoms with Gasteiger partial charge in [0, 0.05) is 29.4 Å². The molecule has 0 saturated heterocycles. The monoisotopic (exact) mass is 277 g/mol. The van der Waals surface area contributed by atoms with Gasteiger partial charge in [0.15, 0.2) is 0 Å². The number of hydrogen-bond acceptors (Lipinski definition) is 2. The number of halogens is 2. The van der Waals surface area contributed by atoms with E-state index in [0.717, 1.165) is 29.9 Å². The second-order valence-electron chi connectivity index (χ2n) is 5.30. The summed E-state index contributed by atoms with van der Waals surface area (Å²) in [6.07, 6.45) is 4.27. The molecular weight excluding hydrogens is 260 g/mol. The van der Waals surface area contributed by atoms with Crippen LogP contribution in [0.4, 0.5) is 8.78 Å². The quantitative estimate of drug-likeness (QED) is 0.910. The molecule has 106 valence electrons. The molecule has 1 N–H and O–H groups in total.